The van der Waals surface area contributed by atoms with Gasteiger partial charge in [-0.05, 0) is 32.0 Å². The quantitative estimate of drug-likeness (QED) is 0.858. The SMILES string of the molecule is Cc1cccc(-c2ncc(C3CCNC3)o2)c1. The maximum Gasteiger partial charge on any atom is 0.226 e. The van der Waals surface area contributed by atoms with E-state index in [1.807, 2.05) is 18.3 Å². The van der Waals surface area contributed by atoms with Crippen molar-refractivity contribution in [1.29, 1.82) is 0 Å². The van der Waals surface area contributed by atoms with Crippen molar-refractivity contribution in [3.8, 4) is 11.5 Å². The third kappa shape index (κ3) is 2.11. The van der Waals surface area contributed by atoms with Crippen LogP contribution in [0.5, 0.6) is 0 Å². The summed E-state index contributed by atoms with van der Waals surface area (Å²) in [6.45, 7) is 4.15. The highest BCUT2D eigenvalue weighted by Gasteiger charge is 2.20. The first-order valence-corrected chi connectivity index (χ1v) is 6.06. The molecule has 3 heteroatoms. The lowest BCUT2D eigenvalue weighted by molar-refractivity contribution is 0.481. The van der Waals surface area contributed by atoms with Crippen molar-refractivity contribution in [2.45, 2.75) is 19.3 Å². The predicted octanol–water partition coefficient (Wildman–Crippen LogP) is 2.73. The van der Waals surface area contributed by atoms with Crippen LogP contribution in [-0.4, -0.2) is 18.1 Å². The average Bonchev–Trinajstić information content (AvgIpc) is 3.00. The Kier molecular flexibility index (Phi) is 2.69. The smallest absolute Gasteiger partial charge is 0.226 e. The standard InChI is InChI=1S/C14H16N2O/c1-10-3-2-4-11(7-10)14-16-9-13(17-14)12-5-6-15-8-12/h2-4,7,9,12,15H,5-6,8H2,1H3. The Morgan fingerprint density at radius 1 is 1.41 bits per heavy atom. The van der Waals surface area contributed by atoms with Gasteiger partial charge in [0.25, 0.3) is 0 Å². The van der Waals surface area contributed by atoms with Crippen molar-refractivity contribution >= 4 is 0 Å². The molecule has 1 atom stereocenters. The van der Waals surface area contributed by atoms with Crippen LogP contribution in [0.25, 0.3) is 11.5 Å². The van der Waals surface area contributed by atoms with Gasteiger partial charge in [-0.3, -0.25) is 0 Å². The lowest BCUT2D eigenvalue weighted by Crippen LogP contribution is -2.07. The first-order valence-electron chi connectivity index (χ1n) is 6.06. The van der Waals surface area contributed by atoms with E-state index in [-0.39, 0.29) is 0 Å². The maximum absolute atomic E-state index is 5.86. The molecule has 0 bridgehead atoms. The Morgan fingerprint density at radius 3 is 3.12 bits per heavy atom. The molecule has 3 nitrogen and oxygen atoms in total. The fourth-order valence-corrected chi connectivity index (χ4v) is 2.28. The van der Waals surface area contributed by atoms with Gasteiger partial charge >= 0.3 is 0 Å². The first kappa shape index (κ1) is 10.5. The number of hydrogen-bond acceptors (Lipinski definition) is 3. The number of nitrogens with zero attached hydrogens (tertiary/aromatic N) is 1. The third-order valence-electron chi connectivity index (χ3n) is 3.25. The zero-order chi connectivity index (χ0) is 11.7. The number of oxazole rings is 1. The molecule has 3 rings (SSSR count). The molecule has 1 unspecified atom stereocenters. The number of aromatic nitrogens is 1. The Morgan fingerprint density at radius 2 is 2.35 bits per heavy atom. The minimum Gasteiger partial charge on any atom is -0.441 e. The van der Waals surface area contributed by atoms with E-state index in [9.17, 15) is 0 Å². The van der Waals surface area contributed by atoms with Crippen LogP contribution in [0, 0.1) is 6.92 Å². The number of hydrogen-bond donors (Lipinski definition) is 1. The second-order valence-corrected chi connectivity index (χ2v) is 4.63. The highest BCUT2D eigenvalue weighted by atomic mass is 16.4. The van der Waals surface area contributed by atoms with Crippen LogP contribution in [0.3, 0.4) is 0 Å². The lowest BCUT2D eigenvalue weighted by atomic mass is 10.1. The van der Waals surface area contributed by atoms with E-state index in [0.717, 1.165) is 36.7 Å². The van der Waals surface area contributed by atoms with Crippen molar-refractivity contribution in [3.63, 3.8) is 0 Å². The van der Waals surface area contributed by atoms with Crippen LogP contribution in [0.15, 0.2) is 34.9 Å². The first-order chi connectivity index (χ1) is 8.33. The summed E-state index contributed by atoms with van der Waals surface area (Å²) in [7, 11) is 0. The molecule has 17 heavy (non-hydrogen) atoms. The molecule has 0 aliphatic carbocycles. The van der Waals surface area contributed by atoms with Gasteiger partial charge in [-0.15, -0.1) is 0 Å². The largest absolute Gasteiger partial charge is 0.441 e. The second-order valence-electron chi connectivity index (χ2n) is 4.63. The molecule has 0 amide bonds. The third-order valence-corrected chi connectivity index (χ3v) is 3.25. The lowest BCUT2D eigenvalue weighted by Gasteiger charge is -2.02. The molecule has 88 valence electrons. The van der Waals surface area contributed by atoms with E-state index in [2.05, 4.69) is 29.4 Å². The minimum absolute atomic E-state index is 0.487. The van der Waals surface area contributed by atoms with Crippen LogP contribution < -0.4 is 5.32 Å². The van der Waals surface area contributed by atoms with Gasteiger partial charge in [-0.1, -0.05) is 17.7 Å². The molecule has 1 aromatic heterocycles. The van der Waals surface area contributed by atoms with Crippen LogP contribution in [-0.2, 0) is 0 Å². The normalized spacial score (nSPS) is 19.7. The molecule has 2 aromatic rings. The maximum atomic E-state index is 5.86. The van der Waals surface area contributed by atoms with Gasteiger partial charge in [0.15, 0.2) is 0 Å². The summed E-state index contributed by atoms with van der Waals surface area (Å²) in [5.41, 5.74) is 2.28. The molecule has 1 N–H and O–H groups in total. The van der Waals surface area contributed by atoms with E-state index >= 15 is 0 Å². The Bertz CT molecular complexity index is 512. The van der Waals surface area contributed by atoms with Gasteiger partial charge in [-0.2, -0.15) is 0 Å². The number of benzene rings is 1. The van der Waals surface area contributed by atoms with Crippen LogP contribution in [0.2, 0.25) is 0 Å². The topological polar surface area (TPSA) is 38.1 Å². The van der Waals surface area contributed by atoms with Gasteiger partial charge in [-0.25, -0.2) is 4.98 Å². The zero-order valence-electron chi connectivity index (χ0n) is 9.94. The minimum atomic E-state index is 0.487. The highest BCUT2D eigenvalue weighted by molar-refractivity contribution is 5.54. The van der Waals surface area contributed by atoms with Crippen molar-refractivity contribution in [2.75, 3.05) is 13.1 Å². The van der Waals surface area contributed by atoms with Crippen molar-refractivity contribution in [3.05, 3.63) is 41.8 Å². The Balaban J connectivity index is 1.89. The average molecular weight is 228 g/mol. The fraction of sp³-hybridized carbons (Fsp3) is 0.357. The van der Waals surface area contributed by atoms with Crippen LogP contribution in [0.1, 0.15) is 23.7 Å². The number of nitrogens with one attached hydrogen (secondary N) is 1. The summed E-state index contributed by atoms with van der Waals surface area (Å²) >= 11 is 0. The predicted molar refractivity (Wildman–Crippen MR) is 66.9 cm³/mol. The van der Waals surface area contributed by atoms with E-state index in [1.54, 1.807) is 0 Å². The van der Waals surface area contributed by atoms with Gasteiger partial charge in [0.2, 0.25) is 5.89 Å². The molecule has 1 aliphatic heterocycles. The van der Waals surface area contributed by atoms with Crippen LogP contribution in [0.4, 0.5) is 0 Å². The molecule has 0 spiro atoms. The summed E-state index contributed by atoms with van der Waals surface area (Å²) in [6.07, 6.45) is 3.01. The van der Waals surface area contributed by atoms with Crippen molar-refractivity contribution < 1.29 is 4.42 Å². The fourth-order valence-electron chi connectivity index (χ4n) is 2.28. The van der Waals surface area contributed by atoms with E-state index < -0.39 is 0 Å². The molecule has 0 saturated carbocycles. The second kappa shape index (κ2) is 4.34. The summed E-state index contributed by atoms with van der Waals surface area (Å²) in [5.74, 6) is 2.23. The molecule has 1 aromatic carbocycles. The molecule has 1 fully saturated rings. The molecular formula is C14H16N2O. The highest BCUT2D eigenvalue weighted by Crippen LogP contribution is 2.27. The van der Waals surface area contributed by atoms with Gasteiger partial charge in [0.1, 0.15) is 5.76 Å². The molecule has 0 radical (unpaired) electrons. The van der Waals surface area contributed by atoms with Crippen molar-refractivity contribution in [1.82, 2.24) is 10.3 Å². The van der Waals surface area contributed by atoms with Gasteiger partial charge < -0.3 is 9.73 Å². The molecule has 1 aliphatic rings. The summed E-state index contributed by atoms with van der Waals surface area (Å²) in [6, 6.07) is 8.25. The summed E-state index contributed by atoms with van der Waals surface area (Å²) in [5, 5.41) is 3.34. The molecular weight excluding hydrogens is 212 g/mol. The number of rotatable bonds is 2. The van der Waals surface area contributed by atoms with Crippen LogP contribution >= 0.6 is 0 Å². The molecule has 2 heterocycles. The van der Waals surface area contributed by atoms with Gasteiger partial charge in [0.05, 0.1) is 6.20 Å². The number of aryl methyl sites for hydroxylation is 1. The summed E-state index contributed by atoms with van der Waals surface area (Å²) in [4.78, 5) is 4.38. The molecule has 1 saturated heterocycles. The van der Waals surface area contributed by atoms with E-state index in [0.29, 0.717) is 5.92 Å². The Labute approximate surface area is 101 Å². The van der Waals surface area contributed by atoms with Crippen molar-refractivity contribution in [2.24, 2.45) is 0 Å². The van der Waals surface area contributed by atoms with E-state index in [1.165, 1.54) is 5.56 Å². The summed E-state index contributed by atoms with van der Waals surface area (Å²) < 4.78 is 5.86. The van der Waals surface area contributed by atoms with Gasteiger partial charge in [0, 0.05) is 18.0 Å². The van der Waals surface area contributed by atoms with E-state index in [4.69, 9.17) is 4.42 Å². The Hall–Kier alpha value is -1.61. The monoisotopic (exact) mass is 228 g/mol. The zero-order valence-corrected chi connectivity index (χ0v) is 9.94.